The Morgan fingerprint density at radius 3 is 2.32 bits per heavy atom. The Morgan fingerprint density at radius 2 is 1.64 bits per heavy atom. The maximum absolute atomic E-state index is 4.72. The number of rotatable bonds is 8. The van der Waals surface area contributed by atoms with Crippen molar-refractivity contribution in [3.63, 3.8) is 0 Å². The minimum absolute atomic E-state index is 0. The fraction of sp³-hybridized carbons (Fsp3) is 0.348. The molecular weight excluding hydrogens is 459 g/mol. The number of hydrogen-bond donors (Lipinski definition) is 2. The van der Waals surface area contributed by atoms with Crippen LogP contribution in [-0.2, 0) is 13.0 Å². The standard InChI is InChI=1S/C23H30N4.HI/c1-2-24-23(25-16-8-11-20-9-4-3-5-10-20)26-19-21-12-14-22(15-13-21)27-17-6-7-18-27;/h3-7,9-10,12-15H,2,8,11,16-19H2,1H3,(H2,24,25,26);1H. The van der Waals surface area contributed by atoms with Crippen LogP contribution in [0.25, 0.3) is 0 Å². The van der Waals surface area contributed by atoms with Crippen molar-refractivity contribution in [2.45, 2.75) is 26.3 Å². The highest BCUT2D eigenvalue weighted by Gasteiger charge is 2.07. The lowest BCUT2D eigenvalue weighted by Gasteiger charge is -2.17. The van der Waals surface area contributed by atoms with E-state index in [-0.39, 0.29) is 24.0 Å². The lowest BCUT2D eigenvalue weighted by molar-refractivity contribution is 0.744. The molecule has 4 nitrogen and oxygen atoms in total. The number of guanidine groups is 1. The summed E-state index contributed by atoms with van der Waals surface area (Å²) >= 11 is 0. The number of halogens is 1. The van der Waals surface area contributed by atoms with Gasteiger partial charge in [-0.05, 0) is 43.0 Å². The van der Waals surface area contributed by atoms with Gasteiger partial charge in [0.25, 0.3) is 0 Å². The third kappa shape index (κ3) is 7.19. The molecule has 0 fully saturated rings. The fourth-order valence-corrected chi connectivity index (χ4v) is 3.16. The van der Waals surface area contributed by atoms with Gasteiger partial charge in [-0.1, -0.05) is 54.6 Å². The summed E-state index contributed by atoms with van der Waals surface area (Å²) in [4.78, 5) is 7.08. The lowest BCUT2D eigenvalue weighted by Crippen LogP contribution is -2.37. The monoisotopic (exact) mass is 490 g/mol. The molecule has 2 N–H and O–H groups in total. The molecule has 0 saturated carbocycles. The smallest absolute Gasteiger partial charge is 0.191 e. The third-order valence-corrected chi connectivity index (χ3v) is 4.66. The Morgan fingerprint density at radius 1 is 0.929 bits per heavy atom. The molecule has 1 heterocycles. The zero-order chi connectivity index (χ0) is 18.7. The molecule has 5 heteroatoms. The van der Waals surface area contributed by atoms with Gasteiger partial charge in [0.05, 0.1) is 6.54 Å². The Hall–Kier alpha value is -2.02. The van der Waals surface area contributed by atoms with Gasteiger partial charge in [-0.25, -0.2) is 4.99 Å². The number of anilines is 1. The number of nitrogens with zero attached hydrogens (tertiary/aromatic N) is 2. The van der Waals surface area contributed by atoms with Crippen LogP contribution in [0.15, 0.2) is 71.7 Å². The number of hydrogen-bond acceptors (Lipinski definition) is 2. The summed E-state index contributed by atoms with van der Waals surface area (Å²) < 4.78 is 0. The molecule has 0 aliphatic carbocycles. The van der Waals surface area contributed by atoms with E-state index in [1.54, 1.807) is 0 Å². The molecule has 3 rings (SSSR count). The van der Waals surface area contributed by atoms with Crippen LogP contribution in [0.5, 0.6) is 0 Å². The van der Waals surface area contributed by atoms with Crippen LogP contribution in [0.1, 0.15) is 24.5 Å². The van der Waals surface area contributed by atoms with Crippen LogP contribution in [0.4, 0.5) is 5.69 Å². The quantitative estimate of drug-likeness (QED) is 0.190. The topological polar surface area (TPSA) is 39.7 Å². The highest BCUT2D eigenvalue weighted by atomic mass is 127. The van der Waals surface area contributed by atoms with Crippen LogP contribution < -0.4 is 15.5 Å². The molecule has 0 saturated heterocycles. The molecule has 0 amide bonds. The number of aliphatic imine (C=N–C) groups is 1. The first kappa shape index (κ1) is 22.3. The highest BCUT2D eigenvalue weighted by Crippen LogP contribution is 2.17. The minimum Gasteiger partial charge on any atom is -0.364 e. The predicted molar refractivity (Wildman–Crippen MR) is 131 cm³/mol. The van der Waals surface area contributed by atoms with Crippen LogP contribution >= 0.6 is 24.0 Å². The second kappa shape index (κ2) is 12.4. The third-order valence-electron chi connectivity index (χ3n) is 4.66. The molecule has 0 bridgehead atoms. The zero-order valence-corrected chi connectivity index (χ0v) is 18.9. The Balaban J connectivity index is 0.00000280. The summed E-state index contributed by atoms with van der Waals surface area (Å²) in [5.41, 5.74) is 3.89. The number of benzene rings is 2. The molecule has 0 radical (unpaired) electrons. The lowest BCUT2D eigenvalue weighted by atomic mass is 10.1. The van der Waals surface area contributed by atoms with Crippen molar-refractivity contribution in [1.82, 2.24) is 10.6 Å². The van der Waals surface area contributed by atoms with Gasteiger partial charge in [0.15, 0.2) is 5.96 Å². The summed E-state index contributed by atoms with van der Waals surface area (Å²) in [7, 11) is 0. The minimum atomic E-state index is 0. The first-order valence-corrected chi connectivity index (χ1v) is 9.90. The van der Waals surface area contributed by atoms with Crippen molar-refractivity contribution < 1.29 is 0 Å². The van der Waals surface area contributed by atoms with Crippen molar-refractivity contribution in [2.24, 2.45) is 4.99 Å². The molecule has 1 aliphatic rings. The van der Waals surface area contributed by atoms with E-state index in [0.717, 1.165) is 45.0 Å². The van der Waals surface area contributed by atoms with Gasteiger partial charge in [0, 0.05) is 31.9 Å². The van der Waals surface area contributed by atoms with Gasteiger partial charge in [0.2, 0.25) is 0 Å². The van der Waals surface area contributed by atoms with Crippen molar-refractivity contribution in [2.75, 3.05) is 31.1 Å². The van der Waals surface area contributed by atoms with Gasteiger partial charge < -0.3 is 15.5 Å². The van der Waals surface area contributed by atoms with E-state index in [4.69, 9.17) is 4.99 Å². The maximum atomic E-state index is 4.72. The number of aryl methyl sites for hydroxylation is 1. The van der Waals surface area contributed by atoms with Gasteiger partial charge in [-0.15, -0.1) is 24.0 Å². The van der Waals surface area contributed by atoms with Crippen LogP contribution in [-0.4, -0.2) is 32.1 Å². The van der Waals surface area contributed by atoms with E-state index in [9.17, 15) is 0 Å². The zero-order valence-electron chi connectivity index (χ0n) is 16.6. The first-order valence-electron chi connectivity index (χ1n) is 9.90. The van der Waals surface area contributed by atoms with Crippen LogP contribution in [0, 0.1) is 0 Å². The SMILES string of the molecule is CCNC(=NCc1ccc(N2CC=CC2)cc1)NCCCc1ccccc1.I. The normalized spacial score (nSPS) is 13.3. The average molecular weight is 490 g/mol. The van der Waals surface area contributed by atoms with Crippen molar-refractivity contribution in [3.8, 4) is 0 Å². The summed E-state index contributed by atoms with van der Waals surface area (Å²) in [5, 5.41) is 6.77. The van der Waals surface area contributed by atoms with E-state index in [1.807, 2.05) is 0 Å². The molecular formula is C23H31IN4. The van der Waals surface area contributed by atoms with Crippen LogP contribution in [0.2, 0.25) is 0 Å². The Labute approximate surface area is 186 Å². The number of nitrogens with one attached hydrogen (secondary N) is 2. The fourth-order valence-electron chi connectivity index (χ4n) is 3.16. The van der Waals surface area contributed by atoms with Gasteiger partial charge in [-0.2, -0.15) is 0 Å². The van der Waals surface area contributed by atoms with E-state index in [2.05, 4.69) is 89.2 Å². The van der Waals surface area contributed by atoms with E-state index in [0.29, 0.717) is 6.54 Å². The molecule has 0 aromatic heterocycles. The van der Waals surface area contributed by atoms with E-state index < -0.39 is 0 Å². The molecule has 150 valence electrons. The largest absolute Gasteiger partial charge is 0.364 e. The Kier molecular flexibility index (Phi) is 9.90. The molecule has 0 unspecified atom stereocenters. The van der Waals surface area contributed by atoms with Gasteiger partial charge >= 0.3 is 0 Å². The van der Waals surface area contributed by atoms with E-state index >= 15 is 0 Å². The molecule has 2 aromatic carbocycles. The summed E-state index contributed by atoms with van der Waals surface area (Å²) in [6.07, 6.45) is 6.60. The summed E-state index contributed by atoms with van der Waals surface area (Å²) in [5.74, 6) is 0.887. The second-order valence-electron chi connectivity index (χ2n) is 6.75. The second-order valence-corrected chi connectivity index (χ2v) is 6.75. The van der Waals surface area contributed by atoms with Crippen molar-refractivity contribution >= 4 is 35.6 Å². The van der Waals surface area contributed by atoms with Gasteiger partial charge in [-0.3, -0.25) is 0 Å². The average Bonchev–Trinajstić information content (AvgIpc) is 3.25. The molecule has 2 aromatic rings. The maximum Gasteiger partial charge on any atom is 0.191 e. The molecule has 0 spiro atoms. The predicted octanol–water partition coefficient (Wildman–Crippen LogP) is 4.37. The highest BCUT2D eigenvalue weighted by molar-refractivity contribution is 14.0. The molecule has 28 heavy (non-hydrogen) atoms. The molecule has 0 atom stereocenters. The van der Waals surface area contributed by atoms with Crippen LogP contribution in [0.3, 0.4) is 0 Å². The summed E-state index contributed by atoms with van der Waals surface area (Å²) in [6.45, 7) is 6.59. The van der Waals surface area contributed by atoms with Gasteiger partial charge in [0.1, 0.15) is 0 Å². The van der Waals surface area contributed by atoms with E-state index in [1.165, 1.54) is 16.8 Å². The van der Waals surface area contributed by atoms with Crippen molar-refractivity contribution in [1.29, 1.82) is 0 Å². The Bertz CT molecular complexity index is 733. The molecule has 1 aliphatic heterocycles. The first-order chi connectivity index (χ1) is 13.3. The van der Waals surface area contributed by atoms with Crippen molar-refractivity contribution in [3.05, 3.63) is 77.9 Å². The summed E-state index contributed by atoms with van der Waals surface area (Å²) in [6, 6.07) is 19.4.